The van der Waals surface area contributed by atoms with Gasteiger partial charge in [0.25, 0.3) is 0 Å². The standard InChI is InChI=1S/C12H22O11.H2O/c13-1-2-3(14)4(15)10(21)12(22-2)23-11-8(19)6(17)5(16)7(18)9(11)20;/h2-21H,1H2;1H2/t2-,3+,4+,5?,6-,7+,8+,9+,10-,11?,12-;/m1./s1. The summed E-state index contributed by atoms with van der Waals surface area (Å²) in [6, 6.07) is 0. The van der Waals surface area contributed by atoms with E-state index in [9.17, 15) is 40.9 Å². The Labute approximate surface area is 136 Å². The van der Waals surface area contributed by atoms with Gasteiger partial charge in [-0.3, -0.25) is 0 Å². The molecule has 24 heavy (non-hydrogen) atoms. The Morgan fingerprint density at radius 2 is 1.04 bits per heavy atom. The third-order valence-corrected chi connectivity index (χ3v) is 4.21. The molecule has 2 unspecified atom stereocenters. The lowest BCUT2D eigenvalue weighted by atomic mass is 9.84. The molecule has 2 rings (SSSR count). The number of ether oxygens (including phenoxy) is 2. The molecule has 0 amide bonds. The number of aliphatic hydroxyl groups is 9. The van der Waals surface area contributed by atoms with Crippen LogP contribution in [0.3, 0.4) is 0 Å². The van der Waals surface area contributed by atoms with E-state index in [0.29, 0.717) is 0 Å². The van der Waals surface area contributed by atoms with E-state index in [0.717, 1.165) is 0 Å². The van der Waals surface area contributed by atoms with Gasteiger partial charge in [-0.15, -0.1) is 0 Å². The molecule has 0 aromatic carbocycles. The number of aliphatic hydroxyl groups excluding tert-OH is 9. The first kappa shape index (κ1) is 21.6. The molecule has 1 aliphatic heterocycles. The Morgan fingerprint density at radius 1 is 0.625 bits per heavy atom. The van der Waals surface area contributed by atoms with E-state index in [4.69, 9.17) is 14.6 Å². The zero-order valence-electron chi connectivity index (χ0n) is 12.4. The smallest absolute Gasteiger partial charge is 0.187 e. The minimum Gasteiger partial charge on any atom is -0.412 e. The van der Waals surface area contributed by atoms with E-state index in [1.165, 1.54) is 0 Å². The number of rotatable bonds is 3. The predicted molar refractivity (Wildman–Crippen MR) is 72.3 cm³/mol. The largest absolute Gasteiger partial charge is 0.412 e. The SMILES string of the molecule is O.OC[C@H]1O[C@H](OC2[C@@H](O)[C@H](O)C(O)[C@H](O)[C@@H]2O)[C@H](O)[C@@H](O)[C@H]1O. The van der Waals surface area contributed by atoms with Gasteiger partial charge in [0.1, 0.15) is 61.0 Å². The lowest BCUT2D eigenvalue weighted by Gasteiger charge is -2.45. The molecule has 144 valence electrons. The van der Waals surface area contributed by atoms with Crippen molar-refractivity contribution in [3.8, 4) is 0 Å². The molecule has 11 atom stereocenters. The Balaban J connectivity index is 0.00000288. The highest BCUT2D eigenvalue weighted by atomic mass is 16.7. The van der Waals surface area contributed by atoms with Crippen molar-refractivity contribution in [3.05, 3.63) is 0 Å². The topological polar surface area (TPSA) is 232 Å². The van der Waals surface area contributed by atoms with Crippen LogP contribution in [0, 0.1) is 0 Å². The molecule has 1 aliphatic carbocycles. The molecule has 2 fully saturated rings. The molecule has 0 aromatic rings. The molecule has 12 nitrogen and oxygen atoms in total. The van der Waals surface area contributed by atoms with E-state index in [2.05, 4.69) is 0 Å². The van der Waals surface area contributed by atoms with Gasteiger partial charge in [0.15, 0.2) is 6.29 Å². The molecule has 0 radical (unpaired) electrons. The van der Waals surface area contributed by atoms with Crippen LogP contribution < -0.4 is 0 Å². The monoisotopic (exact) mass is 360 g/mol. The maximum Gasteiger partial charge on any atom is 0.187 e. The Bertz CT molecular complexity index is 378. The summed E-state index contributed by atoms with van der Waals surface area (Å²) in [7, 11) is 0. The van der Waals surface area contributed by atoms with Crippen molar-refractivity contribution in [2.24, 2.45) is 0 Å². The van der Waals surface area contributed by atoms with Crippen molar-refractivity contribution in [2.75, 3.05) is 6.61 Å². The zero-order valence-corrected chi connectivity index (χ0v) is 12.4. The highest BCUT2D eigenvalue weighted by molar-refractivity contribution is 5.00. The first-order valence-corrected chi connectivity index (χ1v) is 7.07. The summed E-state index contributed by atoms with van der Waals surface area (Å²) in [4.78, 5) is 0. The zero-order chi connectivity index (χ0) is 17.5. The van der Waals surface area contributed by atoms with Crippen LogP contribution in [0.1, 0.15) is 0 Å². The summed E-state index contributed by atoms with van der Waals surface area (Å²) >= 11 is 0. The van der Waals surface area contributed by atoms with Crippen LogP contribution >= 0.6 is 0 Å². The fourth-order valence-electron chi connectivity index (χ4n) is 2.69. The van der Waals surface area contributed by atoms with Gasteiger partial charge < -0.3 is 60.9 Å². The highest BCUT2D eigenvalue weighted by Gasteiger charge is 2.52. The molecule has 1 saturated carbocycles. The lowest BCUT2D eigenvalue weighted by molar-refractivity contribution is -0.339. The van der Waals surface area contributed by atoms with Gasteiger partial charge in [-0.25, -0.2) is 0 Å². The van der Waals surface area contributed by atoms with Crippen molar-refractivity contribution < 1.29 is 60.9 Å². The second kappa shape index (κ2) is 8.27. The average molecular weight is 360 g/mol. The summed E-state index contributed by atoms with van der Waals surface area (Å²) in [6.07, 6.45) is -18.9. The molecule has 2 aliphatic rings. The summed E-state index contributed by atoms with van der Waals surface area (Å²) in [5.74, 6) is 0. The van der Waals surface area contributed by atoms with Crippen molar-refractivity contribution in [1.29, 1.82) is 0 Å². The quantitative estimate of drug-likeness (QED) is 0.229. The molecule has 0 bridgehead atoms. The Morgan fingerprint density at radius 3 is 1.50 bits per heavy atom. The second-order valence-corrected chi connectivity index (χ2v) is 5.75. The number of hydrogen-bond donors (Lipinski definition) is 9. The van der Waals surface area contributed by atoms with E-state index in [1.54, 1.807) is 0 Å². The Kier molecular flexibility index (Phi) is 7.43. The second-order valence-electron chi connectivity index (χ2n) is 5.75. The summed E-state index contributed by atoms with van der Waals surface area (Å²) in [5.41, 5.74) is 0. The van der Waals surface area contributed by atoms with Crippen LogP contribution in [0.5, 0.6) is 0 Å². The minimum atomic E-state index is -1.83. The fraction of sp³-hybridized carbons (Fsp3) is 1.00. The van der Waals surface area contributed by atoms with Crippen LogP contribution in [-0.2, 0) is 9.47 Å². The maximum atomic E-state index is 9.85. The lowest BCUT2D eigenvalue weighted by Crippen LogP contribution is -2.67. The van der Waals surface area contributed by atoms with Crippen LogP contribution in [0.4, 0.5) is 0 Å². The summed E-state index contributed by atoms with van der Waals surface area (Å²) in [5, 5.41) is 86.6. The minimum absolute atomic E-state index is 0. The van der Waals surface area contributed by atoms with Crippen molar-refractivity contribution in [1.82, 2.24) is 0 Å². The van der Waals surface area contributed by atoms with Gasteiger partial charge in [0.2, 0.25) is 0 Å². The molecule has 1 saturated heterocycles. The van der Waals surface area contributed by atoms with Crippen LogP contribution in [-0.4, -0.2) is 125 Å². The molecular weight excluding hydrogens is 336 g/mol. The average Bonchev–Trinajstić information content (AvgIpc) is 2.54. The predicted octanol–water partition coefficient (Wildman–Crippen LogP) is -6.84. The fourth-order valence-corrected chi connectivity index (χ4v) is 2.69. The number of hydrogen-bond acceptors (Lipinski definition) is 11. The molecular formula is C12H24O12. The molecule has 1 heterocycles. The third-order valence-electron chi connectivity index (χ3n) is 4.21. The Hall–Kier alpha value is -0.480. The summed E-state index contributed by atoms with van der Waals surface area (Å²) < 4.78 is 10.2. The van der Waals surface area contributed by atoms with E-state index < -0.39 is 73.9 Å². The highest BCUT2D eigenvalue weighted by Crippen LogP contribution is 2.29. The van der Waals surface area contributed by atoms with Gasteiger partial charge >= 0.3 is 0 Å². The third kappa shape index (κ3) is 3.70. The van der Waals surface area contributed by atoms with Gasteiger partial charge in [0.05, 0.1) is 6.61 Å². The van der Waals surface area contributed by atoms with Gasteiger partial charge in [-0.1, -0.05) is 0 Å². The molecule has 0 spiro atoms. The van der Waals surface area contributed by atoms with Crippen LogP contribution in [0.15, 0.2) is 0 Å². The van der Waals surface area contributed by atoms with E-state index >= 15 is 0 Å². The molecule has 11 N–H and O–H groups in total. The first-order chi connectivity index (χ1) is 10.7. The van der Waals surface area contributed by atoms with E-state index in [-0.39, 0.29) is 5.48 Å². The van der Waals surface area contributed by atoms with Gasteiger partial charge in [-0.05, 0) is 0 Å². The molecule has 12 heteroatoms. The maximum absolute atomic E-state index is 9.85. The van der Waals surface area contributed by atoms with Crippen molar-refractivity contribution in [2.45, 2.75) is 67.3 Å². The van der Waals surface area contributed by atoms with Crippen LogP contribution in [0.25, 0.3) is 0 Å². The van der Waals surface area contributed by atoms with Gasteiger partial charge in [-0.2, -0.15) is 0 Å². The van der Waals surface area contributed by atoms with E-state index in [1.807, 2.05) is 0 Å². The summed E-state index contributed by atoms with van der Waals surface area (Å²) in [6.45, 7) is -0.704. The normalized spacial score (nSPS) is 52.6. The molecule has 0 aromatic heterocycles. The van der Waals surface area contributed by atoms with Crippen molar-refractivity contribution >= 4 is 0 Å². The first-order valence-electron chi connectivity index (χ1n) is 7.07. The van der Waals surface area contributed by atoms with Crippen molar-refractivity contribution in [3.63, 3.8) is 0 Å². The van der Waals surface area contributed by atoms with Crippen LogP contribution in [0.2, 0.25) is 0 Å². The van der Waals surface area contributed by atoms with Gasteiger partial charge in [0, 0.05) is 0 Å².